The molecule has 1 aliphatic rings. The molecule has 21 heteroatoms. The third-order valence-corrected chi connectivity index (χ3v) is 10.6. The van der Waals surface area contributed by atoms with Crippen LogP contribution in [0.3, 0.4) is 0 Å². The van der Waals surface area contributed by atoms with Crippen LogP contribution in [0, 0.1) is 23.7 Å². The summed E-state index contributed by atoms with van der Waals surface area (Å²) in [6.45, 7) is 12.7. The molecule has 1 heterocycles. The lowest BCUT2D eigenvalue weighted by Gasteiger charge is -2.32. The molecule has 8 unspecified atom stereocenters. The van der Waals surface area contributed by atoms with Gasteiger partial charge < -0.3 is 63.6 Å². The van der Waals surface area contributed by atoms with Crippen molar-refractivity contribution in [3.63, 3.8) is 0 Å². The average Bonchev–Trinajstić information content (AvgIpc) is 3.70. The number of rotatable bonds is 24. The number of aliphatic hydroxyl groups is 1. The fourth-order valence-electron chi connectivity index (χ4n) is 6.86. The van der Waals surface area contributed by atoms with Crippen molar-refractivity contribution in [2.75, 3.05) is 13.2 Å². The van der Waals surface area contributed by atoms with E-state index in [1.165, 1.54) is 17.0 Å². The molecule has 0 bridgehead atoms. The van der Waals surface area contributed by atoms with Gasteiger partial charge in [0.1, 0.15) is 54.1 Å². The number of aromatic hydroxyl groups is 1. The third kappa shape index (κ3) is 16.1. The number of hydrogen-bond acceptors (Lipinski definition) is 12. The summed E-state index contributed by atoms with van der Waals surface area (Å²) >= 11 is 0. The third-order valence-electron chi connectivity index (χ3n) is 10.6. The quantitative estimate of drug-likeness (QED) is 0.0543. The topological polar surface area (TPSA) is 342 Å². The first-order chi connectivity index (χ1) is 29.4. The summed E-state index contributed by atoms with van der Waals surface area (Å²) in [4.78, 5) is 120. The van der Waals surface area contributed by atoms with Gasteiger partial charge in [-0.3, -0.25) is 38.4 Å². The Morgan fingerprint density at radius 3 is 1.52 bits per heavy atom. The molecule has 0 aliphatic carbocycles. The van der Waals surface area contributed by atoms with Crippen molar-refractivity contribution in [3.05, 3.63) is 29.8 Å². The molecule has 2 rings (SSSR count). The van der Waals surface area contributed by atoms with Gasteiger partial charge in [-0.15, -0.1) is 0 Å². The van der Waals surface area contributed by atoms with Crippen LogP contribution in [0.2, 0.25) is 0 Å². The Hall–Kier alpha value is -5.83. The number of aliphatic carboxylic acids is 1. The predicted molar refractivity (Wildman–Crippen MR) is 229 cm³/mol. The summed E-state index contributed by atoms with van der Waals surface area (Å²) in [7, 11) is 0. The Bertz CT molecular complexity index is 1790. The van der Waals surface area contributed by atoms with Gasteiger partial charge in [-0.2, -0.15) is 0 Å². The van der Waals surface area contributed by atoms with Crippen molar-refractivity contribution in [3.8, 4) is 5.75 Å². The number of hydrogen-bond donors (Lipinski definition) is 11. The van der Waals surface area contributed by atoms with E-state index in [0.29, 0.717) is 12.0 Å². The molecule has 13 N–H and O–H groups in total. The van der Waals surface area contributed by atoms with Gasteiger partial charge in [-0.05, 0) is 60.6 Å². The van der Waals surface area contributed by atoms with Crippen LogP contribution in [0.5, 0.6) is 5.75 Å². The van der Waals surface area contributed by atoms with E-state index in [1.807, 2.05) is 0 Å². The number of phenolic OH excluding ortho intramolecular Hbond substituents is 1. The second kappa shape index (κ2) is 24.7. The SMILES string of the molecule is CC(C)C(NC(=O)C(N)CO)C(=O)NC(C(=O)NC(Cc1ccc(O)cc1)C(=O)N1CCCC1C(=O)NC(C(=O)NC(C(=O)NC(CCC(N)=O)C(=O)O)C(C)C)C(C)C)C(C)C. The standard InChI is InChI=1S/C42H67N9O12/c1-20(2)31(37(57)45-27(42(62)63)15-16-30(44)54)49-40(60)34(23(7)8)48-36(56)29-10-9-17-51(29)41(61)28(18-24-11-13-25(53)14-12-24)46-38(58)32(21(3)4)50-39(59)33(22(5)6)47-35(55)26(43)19-52/h11-14,20-23,26-29,31-34,52-53H,9-10,15-19,43H2,1-8H3,(H2,44,54)(H,45,57)(H,46,58)(H,47,55)(H,48,56)(H,49,60)(H,50,59)(H,62,63). The lowest BCUT2D eigenvalue weighted by molar-refractivity contribution is -0.143. The molecule has 1 aromatic carbocycles. The van der Waals surface area contributed by atoms with E-state index in [4.69, 9.17) is 11.5 Å². The highest BCUT2D eigenvalue weighted by Gasteiger charge is 2.41. The van der Waals surface area contributed by atoms with Crippen LogP contribution < -0.4 is 43.4 Å². The number of nitrogens with zero attached hydrogens (tertiary/aromatic N) is 1. The van der Waals surface area contributed by atoms with Gasteiger partial charge in [0.05, 0.1) is 6.61 Å². The molecule has 21 nitrogen and oxygen atoms in total. The van der Waals surface area contributed by atoms with E-state index in [9.17, 15) is 58.5 Å². The van der Waals surface area contributed by atoms with Gasteiger partial charge in [0.15, 0.2) is 0 Å². The summed E-state index contributed by atoms with van der Waals surface area (Å²) in [6.07, 6.45) is -0.0593. The lowest BCUT2D eigenvalue weighted by atomic mass is 9.98. The Kier molecular flexibility index (Phi) is 20.9. The number of carboxylic acids is 1. The van der Waals surface area contributed by atoms with E-state index >= 15 is 0 Å². The van der Waals surface area contributed by atoms with Crippen molar-refractivity contribution in [1.29, 1.82) is 0 Å². The van der Waals surface area contributed by atoms with Gasteiger partial charge in [-0.1, -0.05) is 67.5 Å². The van der Waals surface area contributed by atoms with Gasteiger partial charge >= 0.3 is 5.97 Å². The number of nitrogens with one attached hydrogen (secondary N) is 6. The Morgan fingerprint density at radius 1 is 0.667 bits per heavy atom. The van der Waals surface area contributed by atoms with Crippen molar-refractivity contribution in [2.24, 2.45) is 35.1 Å². The van der Waals surface area contributed by atoms with Crippen LogP contribution in [-0.2, 0) is 49.6 Å². The fraction of sp³-hybridized carbons (Fsp3) is 0.643. The first-order valence-corrected chi connectivity index (χ1v) is 21.2. The molecule has 8 atom stereocenters. The normalized spacial score (nSPS) is 17.2. The molecule has 1 aromatic rings. The minimum atomic E-state index is -1.46. The Balaban J connectivity index is 2.36. The van der Waals surface area contributed by atoms with Crippen molar-refractivity contribution in [1.82, 2.24) is 36.8 Å². The number of primary amides is 1. The van der Waals surface area contributed by atoms with Crippen molar-refractivity contribution >= 4 is 53.2 Å². The summed E-state index contributed by atoms with van der Waals surface area (Å²) in [5, 5.41) is 44.4. The smallest absolute Gasteiger partial charge is 0.326 e. The largest absolute Gasteiger partial charge is 0.508 e. The molecular weight excluding hydrogens is 823 g/mol. The number of amides is 8. The zero-order valence-electron chi connectivity index (χ0n) is 37.3. The number of carbonyl (C=O) groups excluding carboxylic acids is 8. The molecule has 0 spiro atoms. The van der Waals surface area contributed by atoms with Gasteiger partial charge in [0.25, 0.3) is 0 Å². The van der Waals surface area contributed by atoms with E-state index in [0.717, 1.165) is 0 Å². The van der Waals surface area contributed by atoms with E-state index in [1.54, 1.807) is 67.5 Å². The number of phenols is 1. The molecule has 1 saturated heterocycles. The van der Waals surface area contributed by atoms with Crippen LogP contribution in [0.25, 0.3) is 0 Å². The molecule has 63 heavy (non-hydrogen) atoms. The van der Waals surface area contributed by atoms with Crippen molar-refractivity contribution < 1.29 is 58.5 Å². The van der Waals surface area contributed by atoms with E-state index in [2.05, 4.69) is 31.9 Å². The summed E-state index contributed by atoms with van der Waals surface area (Å²) in [6, 6.07) is -3.96. The molecule has 1 fully saturated rings. The highest BCUT2D eigenvalue weighted by molar-refractivity contribution is 5.98. The first kappa shape index (κ1) is 53.3. The monoisotopic (exact) mass is 889 g/mol. The molecule has 0 radical (unpaired) electrons. The number of carboxylic acid groups (broad SMARTS) is 1. The number of carbonyl (C=O) groups is 9. The maximum Gasteiger partial charge on any atom is 0.326 e. The van der Waals surface area contributed by atoms with Gasteiger partial charge in [0.2, 0.25) is 47.3 Å². The molecular formula is C42H67N9O12. The number of nitrogens with two attached hydrogens (primary N) is 2. The predicted octanol–water partition coefficient (Wildman–Crippen LogP) is -1.87. The van der Waals surface area contributed by atoms with Crippen LogP contribution in [0.15, 0.2) is 24.3 Å². The molecule has 352 valence electrons. The van der Waals surface area contributed by atoms with Crippen LogP contribution in [0.4, 0.5) is 0 Å². The minimum absolute atomic E-state index is 0.0370. The second-order valence-electron chi connectivity index (χ2n) is 17.2. The van der Waals surface area contributed by atoms with Crippen molar-refractivity contribution in [2.45, 2.75) is 136 Å². The second-order valence-corrected chi connectivity index (χ2v) is 17.2. The Morgan fingerprint density at radius 2 is 1.10 bits per heavy atom. The number of aliphatic hydroxyl groups excluding tert-OH is 1. The molecule has 1 aliphatic heterocycles. The Labute approximate surface area is 367 Å². The minimum Gasteiger partial charge on any atom is -0.508 e. The zero-order chi connectivity index (χ0) is 47.9. The fourth-order valence-corrected chi connectivity index (χ4v) is 6.86. The zero-order valence-corrected chi connectivity index (χ0v) is 37.3. The average molecular weight is 890 g/mol. The van der Waals surface area contributed by atoms with Gasteiger partial charge in [-0.25, -0.2) is 4.79 Å². The number of likely N-dealkylation sites (tertiary alicyclic amines) is 1. The highest BCUT2D eigenvalue weighted by atomic mass is 16.4. The maximum atomic E-state index is 14.5. The van der Waals surface area contributed by atoms with Gasteiger partial charge in [0, 0.05) is 19.4 Å². The number of benzene rings is 1. The van der Waals surface area contributed by atoms with E-state index in [-0.39, 0.29) is 38.0 Å². The summed E-state index contributed by atoms with van der Waals surface area (Å²) < 4.78 is 0. The maximum absolute atomic E-state index is 14.5. The molecule has 0 saturated carbocycles. The summed E-state index contributed by atoms with van der Waals surface area (Å²) in [5.41, 5.74) is 11.3. The van der Waals surface area contributed by atoms with Crippen LogP contribution in [-0.4, -0.2) is 135 Å². The highest BCUT2D eigenvalue weighted by Crippen LogP contribution is 2.22. The molecule has 0 aromatic heterocycles. The van der Waals surface area contributed by atoms with Crippen LogP contribution in [0.1, 0.15) is 86.6 Å². The summed E-state index contributed by atoms with van der Waals surface area (Å²) in [5.74, 6) is -9.34. The van der Waals surface area contributed by atoms with Crippen LogP contribution >= 0.6 is 0 Å². The first-order valence-electron chi connectivity index (χ1n) is 21.2. The molecule has 8 amide bonds. The van der Waals surface area contributed by atoms with E-state index < -0.39 is 132 Å². The lowest BCUT2D eigenvalue weighted by Crippen LogP contribution is -2.62.